The van der Waals surface area contributed by atoms with Gasteiger partial charge in [-0.25, -0.2) is 19.2 Å². The van der Waals surface area contributed by atoms with E-state index in [-0.39, 0.29) is 79.0 Å². The Morgan fingerprint density at radius 1 is 0.757 bits per heavy atom. The highest BCUT2D eigenvalue weighted by Gasteiger charge is 2.78. The number of aliphatic hydroxyl groups is 2. The van der Waals surface area contributed by atoms with E-state index in [2.05, 4.69) is 21.3 Å². The Labute approximate surface area is 599 Å². The topological polar surface area (TPSA) is 374 Å². The Kier molecular flexibility index (Phi) is 24.9. The highest BCUT2D eigenvalue weighted by atomic mass is 16.6. The van der Waals surface area contributed by atoms with Gasteiger partial charge >= 0.3 is 36.1 Å². The molecule has 14 atom stereocenters. The van der Waals surface area contributed by atoms with Gasteiger partial charge in [0, 0.05) is 77.3 Å². The van der Waals surface area contributed by atoms with Crippen LogP contribution >= 0.6 is 0 Å². The maximum Gasteiger partial charge on any atom is 0.410 e. The van der Waals surface area contributed by atoms with Gasteiger partial charge < -0.3 is 79.2 Å². The Morgan fingerprint density at radius 3 is 1.94 bits per heavy atom. The molecule has 6 amide bonds. The Morgan fingerprint density at radius 2 is 1.37 bits per heavy atom. The summed E-state index contributed by atoms with van der Waals surface area (Å²) in [5.74, 6) is -9.66. The number of ether oxygens (including phenoxy) is 8. The van der Waals surface area contributed by atoms with E-state index in [1.807, 2.05) is 20.8 Å². The zero-order valence-electron chi connectivity index (χ0n) is 61.1. The highest BCUT2D eigenvalue weighted by Crippen LogP contribution is 2.64. The summed E-state index contributed by atoms with van der Waals surface area (Å²) in [6.07, 6.45) is -14.2. The van der Waals surface area contributed by atoms with E-state index in [9.17, 15) is 58.2 Å². The highest BCUT2D eigenvalue weighted by molar-refractivity contribution is 5.98. The molecule has 4 fully saturated rings. The number of esters is 4. The molecule has 2 saturated heterocycles. The van der Waals surface area contributed by atoms with Gasteiger partial charge in [0.2, 0.25) is 29.7 Å². The molecular formula is C75H98N6O22. The molecule has 2 bridgehead atoms. The van der Waals surface area contributed by atoms with Crippen LogP contribution in [0.15, 0.2) is 96.1 Å². The smallest absolute Gasteiger partial charge is 0.410 e. The van der Waals surface area contributed by atoms with E-state index in [4.69, 9.17) is 37.9 Å². The minimum Gasteiger partial charge on any atom is -0.455 e. The van der Waals surface area contributed by atoms with Gasteiger partial charge in [-0.15, -0.1) is 0 Å². The third kappa shape index (κ3) is 17.6. The van der Waals surface area contributed by atoms with Gasteiger partial charge in [0.25, 0.3) is 0 Å². The third-order valence-electron chi connectivity index (χ3n) is 20.2. The molecule has 2 heterocycles. The lowest BCUT2D eigenvalue weighted by molar-refractivity contribution is -0.346. The van der Waals surface area contributed by atoms with Crippen molar-refractivity contribution < 1.29 is 106 Å². The van der Waals surface area contributed by atoms with Crippen LogP contribution in [0.5, 0.6) is 0 Å². The Bertz CT molecular complexity index is 3730. The number of fused-ring (bicyclic) bond motifs is 5. The fourth-order valence-corrected chi connectivity index (χ4v) is 14.5. The number of aliphatic hydroxyl groups excluding tert-OH is 1. The van der Waals surface area contributed by atoms with E-state index >= 15 is 9.59 Å². The molecule has 0 aromatic heterocycles. The third-order valence-corrected chi connectivity index (χ3v) is 20.2. The molecule has 560 valence electrons. The first kappa shape index (κ1) is 79.6. The number of hydrogen-bond acceptors (Lipinski definition) is 22. The average Bonchev–Trinajstić information content (AvgIpc) is 0.795. The van der Waals surface area contributed by atoms with Crippen molar-refractivity contribution in [1.82, 2.24) is 25.8 Å². The fourth-order valence-electron chi connectivity index (χ4n) is 14.5. The van der Waals surface area contributed by atoms with Crippen LogP contribution in [0.3, 0.4) is 0 Å². The second-order valence-corrected chi connectivity index (χ2v) is 30.0. The number of carbonyl (C=O) groups excluding carboxylic acids is 12. The van der Waals surface area contributed by atoms with Crippen LogP contribution < -0.4 is 21.3 Å². The maximum atomic E-state index is 15.9. The van der Waals surface area contributed by atoms with Gasteiger partial charge in [0.15, 0.2) is 23.3 Å². The number of amides is 6. The maximum absolute atomic E-state index is 15.9. The van der Waals surface area contributed by atoms with Crippen LogP contribution in [0.4, 0.5) is 15.3 Å². The van der Waals surface area contributed by atoms with Crippen molar-refractivity contribution in [2.45, 2.75) is 201 Å². The summed E-state index contributed by atoms with van der Waals surface area (Å²) in [4.78, 5) is 169. The minimum atomic E-state index is -2.54. The number of benzene rings is 3. The molecular weight excluding hydrogens is 1340 g/mol. The largest absolute Gasteiger partial charge is 0.455 e. The van der Waals surface area contributed by atoms with Gasteiger partial charge in [0.05, 0.1) is 36.2 Å². The predicted molar refractivity (Wildman–Crippen MR) is 368 cm³/mol. The summed E-state index contributed by atoms with van der Waals surface area (Å²) in [5.41, 5.74) is -7.85. The van der Waals surface area contributed by atoms with Crippen LogP contribution in [0, 0.1) is 34.0 Å². The Hall–Kier alpha value is -9.12. The molecule has 2 aliphatic heterocycles. The van der Waals surface area contributed by atoms with Crippen molar-refractivity contribution in [1.29, 1.82) is 0 Å². The molecule has 28 nitrogen and oxygen atoms in total. The summed E-state index contributed by atoms with van der Waals surface area (Å²) < 4.78 is 48.5. The molecule has 8 rings (SSSR count). The molecule has 2 unspecified atom stereocenters. The predicted octanol–water partition coefficient (Wildman–Crippen LogP) is 6.17. The summed E-state index contributed by atoms with van der Waals surface area (Å²) in [6, 6.07) is 19.6. The molecule has 103 heavy (non-hydrogen) atoms. The molecule has 5 aliphatic rings. The molecule has 0 radical (unpaired) electrons. The molecule has 6 N–H and O–H groups in total. The summed E-state index contributed by atoms with van der Waals surface area (Å²) in [6.45, 7) is 19.1. The monoisotopic (exact) mass is 1430 g/mol. The number of nitrogens with one attached hydrogen (secondary N) is 4. The number of nitrogens with zero attached hydrogens (tertiary/aromatic N) is 2. The molecule has 2 saturated carbocycles. The SMILES string of the molecule is CC(=O)O[C@H]1C(=O)[C@@]2(C)[C@H]([C@H](OC(=O)c3ccccc3)[C@]3(O)C[C@H](OC(=O)[C@H](OC(=O)N(C)CCN(C)C(=O)OCc4ccc(NC(=O)CNC(=O)[C@@H](NC(=O)C5CCC(C(=O)C(C)C)O5)C(C)C)cc4)[C@@H](NC(=O)CC(C)(C)C)c4ccccc4)C(C)=C1C3(C)C)[C@]1(OC(C)=O)CO[C@@H]1C[C@@H]2O. The second kappa shape index (κ2) is 32.3. The number of likely N-dealkylation sites (N-methyl/N-ethyl adjacent to an activating group) is 2. The number of carbonyl (C=O) groups is 12. The fraction of sp³-hybridized carbons (Fsp3) is 0.573. The van der Waals surface area contributed by atoms with Crippen molar-refractivity contribution in [2.75, 3.05) is 45.7 Å². The van der Waals surface area contributed by atoms with Crippen molar-refractivity contribution in [3.63, 3.8) is 0 Å². The van der Waals surface area contributed by atoms with Gasteiger partial charge in [-0.1, -0.05) is 123 Å². The number of Topliss-reactive ketones (excluding diaryl/α,β-unsaturated/α-hetero) is 2. The van der Waals surface area contributed by atoms with E-state index in [1.165, 1.54) is 58.8 Å². The first-order chi connectivity index (χ1) is 48.2. The van der Waals surface area contributed by atoms with Crippen LogP contribution in [0.25, 0.3) is 0 Å². The number of rotatable bonds is 25. The zero-order chi connectivity index (χ0) is 76.0. The zero-order valence-corrected chi connectivity index (χ0v) is 61.1. The Balaban J connectivity index is 0.998. The number of anilines is 1. The molecule has 28 heteroatoms. The van der Waals surface area contributed by atoms with Gasteiger partial charge in [-0.2, -0.15) is 0 Å². The van der Waals surface area contributed by atoms with Crippen molar-refractivity contribution >= 4 is 76.9 Å². The van der Waals surface area contributed by atoms with Crippen LogP contribution in [0.1, 0.15) is 150 Å². The minimum absolute atomic E-state index is 0.00671. The van der Waals surface area contributed by atoms with Crippen molar-refractivity contribution in [2.24, 2.45) is 34.0 Å². The van der Waals surface area contributed by atoms with Crippen molar-refractivity contribution in [3.8, 4) is 0 Å². The van der Waals surface area contributed by atoms with Crippen LogP contribution in [0.2, 0.25) is 0 Å². The van der Waals surface area contributed by atoms with Gasteiger partial charge in [-0.3, -0.25) is 38.4 Å². The van der Waals surface area contributed by atoms with Crippen LogP contribution in [-0.2, 0) is 87.7 Å². The molecule has 3 aromatic carbocycles. The molecule has 3 aromatic rings. The first-order valence-electron chi connectivity index (χ1n) is 34.6. The lowest BCUT2D eigenvalue weighted by atomic mass is 9.44. The van der Waals surface area contributed by atoms with E-state index < -0.39 is 173 Å². The summed E-state index contributed by atoms with van der Waals surface area (Å²) in [5, 5.41) is 37.3. The van der Waals surface area contributed by atoms with Crippen molar-refractivity contribution in [3.05, 3.63) is 113 Å². The van der Waals surface area contributed by atoms with E-state index in [0.29, 0.717) is 24.1 Å². The normalized spacial score (nSPS) is 26.3. The quantitative estimate of drug-likeness (QED) is 0.0314. The lowest BCUT2D eigenvalue weighted by Gasteiger charge is -2.67. The van der Waals surface area contributed by atoms with E-state index in [1.54, 1.807) is 100 Å². The molecule has 0 spiro atoms. The van der Waals surface area contributed by atoms with Crippen LogP contribution in [-0.4, -0.2) is 198 Å². The second-order valence-electron chi connectivity index (χ2n) is 30.0. The number of hydrogen-bond donors (Lipinski definition) is 6. The first-order valence-corrected chi connectivity index (χ1v) is 34.6. The standard InChI is InChI=1S/C75H98N6O22/c1-40(2)57(79-65(89)50-31-30-49(99-50)59(87)41(3)4)66(90)76-37-55(86)77-48-28-26-45(27-29-48)38-96-69(93)80(14)32-33-81(15)70(94)101-61(58(46-22-18-16-19-23-46)78-54(85)36-71(8,9)10)68(92)100-51-35-75(95)64(102-67(91)47-24-20-17-21-25-47)62-73(13,52(84)34-53-74(62,39-97-53)103-44(7)83)63(88)60(98-43(6)82)56(42(51)5)72(75,11)12/h16-29,40-41,49-53,57-58,60-62,64,84,95H,30-39H2,1-15H3,(H,76,90)(H,77,86)(H,78,85)(H,79,89)/t49?,50?,51-,52-,53+,57-,58-,60+,61+,62-,64-,73+,74-,75+/m0/s1. The average molecular weight is 1440 g/mol. The van der Waals surface area contributed by atoms with E-state index in [0.717, 1.165) is 18.7 Å². The summed E-state index contributed by atoms with van der Waals surface area (Å²) >= 11 is 0. The summed E-state index contributed by atoms with van der Waals surface area (Å²) in [7, 11) is 2.74. The lowest BCUT2D eigenvalue weighted by Crippen LogP contribution is -2.82. The van der Waals surface area contributed by atoms with Gasteiger partial charge in [-0.05, 0) is 84.6 Å². The number of ketones is 2. The molecule has 3 aliphatic carbocycles. The van der Waals surface area contributed by atoms with Gasteiger partial charge in [0.1, 0.15) is 54.8 Å².